The van der Waals surface area contributed by atoms with Gasteiger partial charge in [-0.05, 0) is 36.5 Å². The Balaban J connectivity index is 1.93. The number of benzene rings is 1. The number of carbonyl (C=O) groups is 1. The molecule has 1 fully saturated rings. The van der Waals surface area contributed by atoms with Crippen LogP contribution >= 0.6 is 0 Å². The van der Waals surface area contributed by atoms with Gasteiger partial charge in [0.25, 0.3) is 5.91 Å². The summed E-state index contributed by atoms with van der Waals surface area (Å²) in [6.45, 7) is 4.31. The second kappa shape index (κ2) is 7.28. The minimum absolute atomic E-state index is 0.0660. The van der Waals surface area contributed by atoms with Gasteiger partial charge in [-0.2, -0.15) is 0 Å². The summed E-state index contributed by atoms with van der Waals surface area (Å²) in [4.78, 5) is 12.2. The van der Waals surface area contributed by atoms with Crippen LogP contribution in [0.3, 0.4) is 0 Å². The minimum Gasteiger partial charge on any atom is -0.349 e. The summed E-state index contributed by atoms with van der Waals surface area (Å²) in [7, 11) is 0. The maximum atomic E-state index is 12.2. The smallest absolute Gasteiger partial charge is 0.251 e. The van der Waals surface area contributed by atoms with Gasteiger partial charge < -0.3 is 5.32 Å². The Bertz CT molecular complexity index is 453. The quantitative estimate of drug-likeness (QED) is 0.863. The molecule has 2 rings (SSSR count). The van der Waals surface area contributed by atoms with Crippen LogP contribution < -0.4 is 5.32 Å². The van der Waals surface area contributed by atoms with Gasteiger partial charge in [0.1, 0.15) is 0 Å². The highest BCUT2D eigenvalue weighted by atomic mass is 16.1. The van der Waals surface area contributed by atoms with Crippen molar-refractivity contribution < 1.29 is 4.79 Å². The Morgan fingerprint density at radius 1 is 1.15 bits per heavy atom. The molecule has 0 saturated heterocycles. The molecule has 0 aliphatic heterocycles. The van der Waals surface area contributed by atoms with Crippen molar-refractivity contribution in [3.05, 3.63) is 41.5 Å². The Morgan fingerprint density at radius 2 is 1.80 bits per heavy atom. The molecule has 2 nitrogen and oxygen atoms in total. The van der Waals surface area contributed by atoms with Crippen molar-refractivity contribution in [2.24, 2.45) is 5.92 Å². The number of amides is 1. The first-order chi connectivity index (χ1) is 9.65. The zero-order chi connectivity index (χ0) is 14.4. The van der Waals surface area contributed by atoms with Gasteiger partial charge in [0.05, 0.1) is 0 Å². The molecule has 0 radical (unpaired) electrons. The third-order valence-corrected chi connectivity index (χ3v) is 3.79. The van der Waals surface area contributed by atoms with E-state index in [1.165, 1.54) is 19.3 Å². The minimum atomic E-state index is 0.0660. The van der Waals surface area contributed by atoms with E-state index in [2.05, 4.69) is 31.3 Å². The first-order valence-corrected chi connectivity index (χ1v) is 7.74. The second-order valence-electron chi connectivity index (χ2n) is 6.03. The molecular formula is C18H25NO. The van der Waals surface area contributed by atoms with Gasteiger partial charge in [0.15, 0.2) is 0 Å². The molecule has 1 aliphatic rings. The predicted molar refractivity (Wildman–Crippen MR) is 84.7 cm³/mol. The van der Waals surface area contributed by atoms with Gasteiger partial charge in [-0.15, -0.1) is 0 Å². The fourth-order valence-electron chi connectivity index (χ4n) is 2.56. The third kappa shape index (κ3) is 4.52. The van der Waals surface area contributed by atoms with Gasteiger partial charge in [0.2, 0.25) is 0 Å². The average Bonchev–Trinajstić information content (AvgIpc) is 2.46. The Hall–Kier alpha value is -1.57. The number of carbonyl (C=O) groups excluding carboxylic acids is 1. The molecule has 0 spiro atoms. The molecule has 1 aromatic carbocycles. The molecule has 0 atom stereocenters. The molecular weight excluding hydrogens is 246 g/mol. The van der Waals surface area contributed by atoms with E-state index >= 15 is 0 Å². The Morgan fingerprint density at radius 3 is 2.40 bits per heavy atom. The normalized spacial score (nSPS) is 16.8. The van der Waals surface area contributed by atoms with Crippen LogP contribution in [0.15, 0.2) is 30.3 Å². The van der Waals surface area contributed by atoms with E-state index in [1.807, 2.05) is 24.3 Å². The molecule has 1 amide bonds. The van der Waals surface area contributed by atoms with Gasteiger partial charge >= 0.3 is 0 Å². The SMILES string of the molecule is CC(C)/C=C/c1ccc(C(=O)NC2CCCCC2)cc1. The zero-order valence-corrected chi connectivity index (χ0v) is 12.6. The largest absolute Gasteiger partial charge is 0.349 e. The summed E-state index contributed by atoms with van der Waals surface area (Å²) in [5.74, 6) is 0.612. The van der Waals surface area contributed by atoms with E-state index in [0.29, 0.717) is 12.0 Å². The van der Waals surface area contributed by atoms with Crippen LogP contribution in [-0.2, 0) is 0 Å². The summed E-state index contributed by atoms with van der Waals surface area (Å²) in [6.07, 6.45) is 10.3. The number of rotatable bonds is 4. The summed E-state index contributed by atoms with van der Waals surface area (Å²) < 4.78 is 0. The maximum Gasteiger partial charge on any atom is 0.251 e. The summed E-state index contributed by atoms with van der Waals surface area (Å²) in [6, 6.07) is 8.22. The van der Waals surface area contributed by atoms with E-state index in [0.717, 1.165) is 24.0 Å². The fourth-order valence-corrected chi connectivity index (χ4v) is 2.56. The van der Waals surface area contributed by atoms with Crippen LogP contribution in [0.4, 0.5) is 0 Å². The van der Waals surface area contributed by atoms with Crippen molar-refractivity contribution in [2.75, 3.05) is 0 Å². The van der Waals surface area contributed by atoms with E-state index in [9.17, 15) is 4.79 Å². The molecule has 1 aliphatic carbocycles. The highest BCUT2D eigenvalue weighted by Crippen LogP contribution is 2.18. The molecule has 0 bridgehead atoms. The van der Waals surface area contributed by atoms with E-state index in [4.69, 9.17) is 0 Å². The summed E-state index contributed by atoms with van der Waals surface area (Å²) in [5, 5.41) is 3.15. The average molecular weight is 271 g/mol. The van der Waals surface area contributed by atoms with Crippen molar-refractivity contribution in [3.8, 4) is 0 Å². The third-order valence-electron chi connectivity index (χ3n) is 3.79. The number of nitrogens with one attached hydrogen (secondary N) is 1. The lowest BCUT2D eigenvalue weighted by Gasteiger charge is -2.22. The lowest BCUT2D eigenvalue weighted by Crippen LogP contribution is -2.36. The van der Waals surface area contributed by atoms with Crippen molar-refractivity contribution in [2.45, 2.75) is 52.0 Å². The van der Waals surface area contributed by atoms with Crippen LogP contribution in [0, 0.1) is 5.92 Å². The molecule has 20 heavy (non-hydrogen) atoms. The summed E-state index contributed by atoms with van der Waals surface area (Å²) >= 11 is 0. The molecule has 0 aromatic heterocycles. The van der Waals surface area contributed by atoms with E-state index < -0.39 is 0 Å². The molecule has 1 N–H and O–H groups in total. The van der Waals surface area contributed by atoms with Crippen LogP contribution in [0.1, 0.15) is 61.9 Å². The van der Waals surface area contributed by atoms with Crippen LogP contribution in [0.2, 0.25) is 0 Å². The molecule has 1 aromatic rings. The predicted octanol–water partition coefficient (Wildman–Crippen LogP) is 4.42. The first kappa shape index (κ1) is 14.8. The number of hydrogen-bond donors (Lipinski definition) is 1. The monoisotopic (exact) mass is 271 g/mol. The van der Waals surface area contributed by atoms with Gasteiger partial charge in [-0.25, -0.2) is 0 Å². The highest BCUT2D eigenvalue weighted by molar-refractivity contribution is 5.94. The van der Waals surface area contributed by atoms with Gasteiger partial charge in [-0.1, -0.05) is 57.4 Å². The molecule has 0 unspecified atom stereocenters. The van der Waals surface area contributed by atoms with Crippen molar-refractivity contribution in [3.63, 3.8) is 0 Å². The van der Waals surface area contributed by atoms with Crippen LogP contribution in [0.25, 0.3) is 6.08 Å². The summed E-state index contributed by atoms with van der Waals surface area (Å²) in [5.41, 5.74) is 1.91. The standard InChI is InChI=1S/C18H25NO/c1-14(2)8-9-15-10-12-16(13-11-15)18(20)19-17-6-4-3-5-7-17/h8-14,17H,3-7H2,1-2H3,(H,19,20)/b9-8+. The van der Waals surface area contributed by atoms with Crippen LogP contribution in [-0.4, -0.2) is 11.9 Å². The zero-order valence-electron chi connectivity index (χ0n) is 12.6. The maximum absolute atomic E-state index is 12.2. The number of hydrogen-bond acceptors (Lipinski definition) is 1. The fraction of sp³-hybridized carbons (Fsp3) is 0.500. The Kier molecular flexibility index (Phi) is 5.40. The highest BCUT2D eigenvalue weighted by Gasteiger charge is 2.16. The second-order valence-corrected chi connectivity index (χ2v) is 6.03. The van der Waals surface area contributed by atoms with Crippen molar-refractivity contribution >= 4 is 12.0 Å². The lowest BCUT2D eigenvalue weighted by molar-refractivity contribution is 0.0927. The van der Waals surface area contributed by atoms with Gasteiger partial charge in [0, 0.05) is 11.6 Å². The van der Waals surface area contributed by atoms with Gasteiger partial charge in [-0.3, -0.25) is 4.79 Å². The Labute approximate surface area is 122 Å². The lowest BCUT2D eigenvalue weighted by atomic mass is 9.95. The molecule has 1 saturated carbocycles. The van der Waals surface area contributed by atoms with Crippen LogP contribution in [0.5, 0.6) is 0 Å². The van der Waals surface area contributed by atoms with E-state index in [1.54, 1.807) is 0 Å². The van der Waals surface area contributed by atoms with E-state index in [-0.39, 0.29) is 5.91 Å². The van der Waals surface area contributed by atoms with Crippen molar-refractivity contribution in [1.29, 1.82) is 0 Å². The molecule has 0 heterocycles. The first-order valence-electron chi connectivity index (χ1n) is 7.74. The molecule has 2 heteroatoms. The number of allylic oxidation sites excluding steroid dienone is 1. The molecule has 108 valence electrons. The van der Waals surface area contributed by atoms with Crippen molar-refractivity contribution in [1.82, 2.24) is 5.32 Å². The topological polar surface area (TPSA) is 29.1 Å².